The van der Waals surface area contributed by atoms with Gasteiger partial charge in [0.1, 0.15) is 24.4 Å². The number of hydrogen-bond acceptors (Lipinski definition) is 8. The minimum Gasteiger partial charge on any atom is -0.394 e. The van der Waals surface area contributed by atoms with Crippen LogP contribution in [0.5, 0.6) is 0 Å². The molecule has 9 nitrogen and oxygen atoms in total. The molecule has 2 rings (SSSR count). The lowest BCUT2D eigenvalue weighted by molar-refractivity contribution is -0.384. The van der Waals surface area contributed by atoms with E-state index in [0.29, 0.717) is 5.56 Å². The minimum absolute atomic E-state index is 0.0271. The summed E-state index contributed by atoms with van der Waals surface area (Å²) in [5.41, 5.74) is 0.541. The highest BCUT2D eigenvalue weighted by Crippen LogP contribution is 2.23. The topological polar surface area (TPSA) is 143 Å². The van der Waals surface area contributed by atoms with Crippen LogP contribution in [0.1, 0.15) is 5.56 Å². The van der Waals surface area contributed by atoms with Crippen LogP contribution < -0.4 is 0 Å². The van der Waals surface area contributed by atoms with Crippen LogP contribution in [0.4, 0.5) is 5.69 Å². The predicted octanol–water partition coefficient (Wildman–Crippen LogP) is -1.09. The molecule has 0 spiro atoms. The highest BCUT2D eigenvalue weighted by atomic mass is 16.7. The van der Waals surface area contributed by atoms with Crippen molar-refractivity contribution in [1.82, 2.24) is 0 Å². The van der Waals surface area contributed by atoms with E-state index < -0.39 is 42.2 Å². The van der Waals surface area contributed by atoms with Crippen molar-refractivity contribution in [1.29, 1.82) is 0 Å². The molecular formula is C13H17NO8. The highest BCUT2D eigenvalue weighted by Gasteiger charge is 2.43. The number of nitro groups is 1. The first kappa shape index (κ1) is 16.7. The van der Waals surface area contributed by atoms with Gasteiger partial charge in [0.15, 0.2) is 6.29 Å². The van der Waals surface area contributed by atoms with Gasteiger partial charge in [0.25, 0.3) is 5.69 Å². The molecule has 9 heteroatoms. The molecule has 0 saturated carbocycles. The highest BCUT2D eigenvalue weighted by molar-refractivity contribution is 5.32. The SMILES string of the molecule is O=[N+]([O-])c1ccc(COC2O[C@H](CO)[C@@H](O)[C@H](O)[C@H]2O)cc1. The Bertz CT molecular complexity index is 505. The first-order valence-electron chi connectivity index (χ1n) is 6.59. The Kier molecular flexibility index (Phi) is 5.40. The lowest BCUT2D eigenvalue weighted by Crippen LogP contribution is -2.59. The van der Waals surface area contributed by atoms with Gasteiger partial charge in [-0.3, -0.25) is 10.1 Å². The van der Waals surface area contributed by atoms with Crippen molar-refractivity contribution in [3.63, 3.8) is 0 Å². The quantitative estimate of drug-likeness (QED) is 0.396. The zero-order chi connectivity index (χ0) is 16.3. The maximum atomic E-state index is 10.5. The van der Waals surface area contributed by atoms with E-state index in [1.807, 2.05) is 0 Å². The van der Waals surface area contributed by atoms with Gasteiger partial charge in [-0.25, -0.2) is 0 Å². The van der Waals surface area contributed by atoms with Crippen LogP contribution in [-0.2, 0) is 16.1 Å². The Hall–Kier alpha value is -1.62. The van der Waals surface area contributed by atoms with Crippen LogP contribution in [0.25, 0.3) is 0 Å². The van der Waals surface area contributed by atoms with Crippen molar-refractivity contribution in [3.05, 3.63) is 39.9 Å². The fourth-order valence-corrected chi connectivity index (χ4v) is 2.10. The average Bonchev–Trinajstić information content (AvgIpc) is 2.52. The van der Waals surface area contributed by atoms with Crippen LogP contribution in [0, 0.1) is 10.1 Å². The van der Waals surface area contributed by atoms with E-state index in [0.717, 1.165) is 0 Å². The van der Waals surface area contributed by atoms with E-state index in [9.17, 15) is 25.4 Å². The van der Waals surface area contributed by atoms with Gasteiger partial charge >= 0.3 is 0 Å². The first-order valence-corrected chi connectivity index (χ1v) is 6.59. The number of benzene rings is 1. The zero-order valence-corrected chi connectivity index (χ0v) is 11.5. The van der Waals surface area contributed by atoms with Gasteiger partial charge in [-0.15, -0.1) is 0 Å². The monoisotopic (exact) mass is 315 g/mol. The first-order chi connectivity index (χ1) is 10.4. The maximum Gasteiger partial charge on any atom is 0.269 e. The smallest absolute Gasteiger partial charge is 0.269 e. The second-order valence-corrected chi connectivity index (χ2v) is 4.93. The van der Waals surface area contributed by atoms with Gasteiger partial charge in [0.2, 0.25) is 0 Å². The molecule has 5 atom stereocenters. The van der Waals surface area contributed by atoms with Gasteiger partial charge in [0.05, 0.1) is 18.1 Å². The van der Waals surface area contributed by atoms with E-state index in [1.165, 1.54) is 24.3 Å². The summed E-state index contributed by atoms with van der Waals surface area (Å²) in [5, 5.41) is 48.6. The third kappa shape index (κ3) is 3.58. The normalized spacial score (nSPS) is 31.9. The molecule has 1 unspecified atom stereocenters. The molecule has 0 amide bonds. The molecule has 0 aromatic heterocycles. The fraction of sp³-hybridized carbons (Fsp3) is 0.538. The summed E-state index contributed by atoms with van der Waals surface area (Å²) in [6.07, 6.45) is -6.70. The summed E-state index contributed by atoms with van der Waals surface area (Å²) in [6.45, 7) is -0.566. The number of aliphatic hydroxyl groups is 4. The zero-order valence-electron chi connectivity index (χ0n) is 11.5. The number of nitrogens with zero attached hydrogens (tertiary/aromatic N) is 1. The van der Waals surface area contributed by atoms with Gasteiger partial charge in [-0.1, -0.05) is 0 Å². The van der Waals surface area contributed by atoms with Crippen LogP contribution >= 0.6 is 0 Å². The van der Waals surface area contributed by atoms with E-state index in [2.05, 4.69) is 0 Å². The Balaban J connectivity index is 1.96. The average molecular weight is 315 g/mol. The van der Waals surface area contributed by atoms with Gasteiger partial charge in [0, 0.05) is 12.1 Å². The number of ether oxygens (including phenoxy) is 2. The number of hydrogen-bond donors (Lipinski definition) is 4. The Morgan fingerprint density at radius 3 is 2.32 bits per heavy atom. The molecule has 1 aromatic rings. The molecule has 1 saturated heterocycles. The molecule has 1 aromatic carbocycles. The number of non-ortho nitro benzene ring substituents is 1. The van der Waals surface area contributed by atoms with Crippen LogP contribution in [0.15, 0.2) is 24.3 Å². The molecule has 22 heavy (non-hydrogen) atoms. The van der Waals surface area contributed by atoms with Crippen molar-refractivity contribution in [3.8, 4) is 0 Å². The van der Waals surface area contributed by atoms with Crippen molar-refractivity contribution in [2.45, 2.75) is 37.3 Å². The summed E-state index contributed by atoms with van der Waals surface area (Å²) >= 11 is 0. The third-order valence-electron chi connectivity index (χ3n) is 3.41. The molecule has 1 aliphatic heterocycles. The summed E-state index contributed by atoms with van der Waals surface area (Å²) < 4.78 is 10.5. The second-order valence-electron chi connectivity index (χ2n) is 4.93. The van der Waals surface area contributed by atoms with Crippen molar-refractivity contribution in [2.24, 2.45) is 0 Å². The van der Waals surface area contributed by atoms with Gasteiger partial charge < -0.3 is 29.9 Å². The molecular weight excluding hydrogens is 298 g/mol. The second kappa shape index (κ2) is 7.09. The predicted molar refractivity (Wildman–Crippen MR) is 71.7 cm³/mol. The van der Waals surface area contributed by atoms with Gasteiger partial charge in [-0.05, 0) is 17.7 Å². The summed E-state index contributed by atoms with van der Waals surface area (Å²) in [7, 11) is 0. The van der Waals surface area contributed by atoms with Crippen molar-refractivity contribution >= 4 is 5.69 Å². The number of rotatable bonds is 5. The lowest BCUT2D eigenvalue weighted by atomic mass is 9.99. The lowest BCUT2D eigenvalue weighted by Gasteiger charge is -2.39. The molecule has 1 heterocycles. The Labute approximate surface area is 125 Å². The minimum atomic E-state index is -1.51. The van der Waals surface area contributed by atoms with Crippen molar-refractivity contribution in [2.75, 3.05) is 6.61 Å². The van der Waals surface area contributed by atoms with Crippen LogP contribution in [0.2, 0.25) is 0 Å². The third-order valence-corrected chi connectivity index (χ3v) is 3.41. The molecule has 1 aliphatic rings. The largest absolute Gasteiger partial charge is 0.394 e. The molecule has 1 fully saturated rings. The van der Waals surface area contributed by atoms with E-state index in [-0.39, 0.29) is 12.3 Å². The van der Waals surface area contributed by atoms with E-state index in [4.69, 9.17) is 14.6 Å². The molecule has 4 N–H and O–H groups in total. The maximum absolute atomic E-state index is 10.5. The summed E-state index contributed by atoms with van der Waals surface area (Å²) in [6, 6.07) is 5.60. The van der Waals surface area contributed by atoms with E-state index >= 15 is 0 Å². The fourth-order valence-electron chi connectivity index (χ4n) is 2.10. The number of aliphatic hydroxyl groups excluding tert-OH is 4. The number of nitro benzene ring substituents is 1. The van der Waals surface area contributed by atoms with Crippen molar-refractivity contribution < 1.29 is 34.8 Å². The Morgan fingerprint density at radius 2 is 1.77 bits per heavy atom. The van der Waals surface area contributed by atoms with E-state index in [1.54, 1.807) is 0 Å². The molecule has 0 bridgehead atoms. The summed E-state index contributed by atoms with van der Waals surface area (Å²) in [4.78, 5) is 10.0. The van der Waals surface area contributed by atoms with Gasteiger partial charge in [-0.2, -0.15) is 0 Å². The van der Waals surface area contributed by atoms with Crippen LogP contribution in [0.3, 0.4) is 0 Å². The molecule has 0 radical (unpaired) electrons. The standard InChI is InChI=1S/C13H17NO8/c15-5-9-10(16)11(17)12(18)13(22-9)21-6-7-1-3-8(4-2-7)14(19)20/h1-4,9-13,15-18H,5-6H2/t9-,10-,11+,12-,13?/m1/s1. The molecule has 0 aliphatic carbocycles. The van der Waals surface area contributed by atoms with Crippen LogP contribution in [-0.4, -0.2) is 62.7 Å². The molecule has 122 valence electrons. The Morgan fingerprint density at radius 1 is 1.14 bits per heavy atom. The summed E-state index contributed by atoms with van der Waals surface area (Å²) in [5.74, 6) is 0.